The molecular formula is C17H34N2O2. The highest BCUT2D eigenvalue weighted by atomic mass is 16.4. The molecule has 0 aromatic rings. The van der Waals surface area contributed by atoms with E-state index in [0.29, 0.717) is 18.5 Å². The van der Waals surface area contributed by atoms with E-state index in [9.17, 15) is 9.90 Å². The van der Waals surface area contributed by atoms with E-state index >= 15 is 0 Å². The van der Waals surface area contributed by atoms with E-state index in [4.69, 9.17) is 0 Å². The number of hydrogen-bond acceptors (Lipinski definition) is 3. The number of nitrogens with one attached hydrogen (secondary N) is 1. The van der Waals surface area contributed by atoms with Gasteiger partial charge in [0.2, 0.25) is 0 Å². The Morgan fingerprint density at radius 2 is 1.95 bits per heavy atom. The Bertz CT molecular complexity index is 316. The Morgan fingerprint density at radius 3 is 2.43 bits per heavy atom. The largest absolute Gasteiger partial charge is 0.480 e. The Balaban J connectivity index is 2.68. The maximum absolute atomic E-state index is 11.7. The van der Waals surface area contributed by atoms with Gasteiger partial charge in [-0.05, 0) is 52.6 Å². The molecule has 1 rings (SSSR count). The SMILES string of the molecule is CCCNC(C)(CC(C)N(CC)C1CCCCC1)C(=O)O. The summed E-state index contributed by atoms with van der Waals surface area (Å²) in [5.41, 5.74) is -0.822. The van der Waals surface area contributed by atoms with Gasteiger partial charge in [0.1, 0.15) is 5.54 Å². The van der Waals surface area contributed by atoms with E-state index in [1.807, 2.05) is 6.92 Å². The van der Waals surface area contributed by atoms with Crippen LogP contribution in [0.1, 0.15) is 72.6 Å². The van der Waals surface area contributed by atoms with E-state index in [1.54, 1.807) is 0 Å². The van der Waals surface area contributed by atoms with Crippen LogP contribution in [0.2, 0.25) is 0 Å². The summed E-state index contributed by atoms with van der Waals surface area (Å²) < 4.78 is 0. The highest BCUT2D eigenvalue weighted by molar-refractivity contribution is 5.78. The predicted molar refractivity (Wildman–Crippen MR) is 87.7 cm³/mol. The van der Waals surface area contributed by atoms with E-state index in [0.717, 1.165) is 19.5 Å². The minimum absolute atomic E-state index is 0.295. The quantitative estimate of drug-likeness (QED) is 0.686. The minimum Gasteiger partial charge on any atom is -0.480 e. The molecule has 1 aliphatic carbocycles. The molecule has 0 aromatic carbocycles. The van der Waals surface area contributed by atoms with E-state index in [2.05, 4.69) is 31.0 Å². The fourth-order valence-electron chi connectivity index (χ4n) is 3.69. The summed E-state index contributed by atoms with van der Waals surface area (Å²) in [5.74, 6) is -0.734. The lowest BCUT2D eigenvalue weighted by Crippen LogP contribution is -2.55. The second-order valence-corrected chi connectivity index (χ2v) is 6.74. The zero-order valence-electron chi connectivity index (χ0n) is 14.3. The van der Waals surface area contributed by atoms with E-state index < -0.39 is 11.5 Å². The van der Waals surface area contributed by atoms with Gasteiger partial charge in [0.05, 0.1) is 0 Å². The molecule has 21 heavy (non-hydrogen) atoms. The van der Waals surface area contributed by atoms with Crippen LogP contribution in [-0.2, 0) is 4.79 Å². The lowest BCUT2D eigenvalue weighted by Gasteiger charge is -2.40. The fourth-order valence-corrected chi connectivity index (χ4v) is 3.69. The van der Waals surface area contributed by atoms with Gasteiger partial charge in [-0.2, -0.15) is 0 Å². The normalized spacial score (nSPS) is 21.2. The molecule has 2 N–H and O–H groups in total. The van der Waals surface area contributed by atoms with Crippen molar-refractivity contribution in [3.8, 4) is 0 Å². The van der Waals surface area contributed by atoms with Gasteiger partial charge < -0.3 is 10.4 Å². The first-order chi connectivity index (χ1) is 9.94. The molecule has 0 aliphatic heterocycles. The van der Waals surface area contributed by atoms with Crippen molar-refractivity contribution in [3.05, 3.63) is 0 Å². The maximum atomic E-state index is 11.7. The van der Waals surface area contributed by atoms with Crippen LogP contribution in [0.5, 0.6) is 0 Å². The van der Waals surface area contributed by atoms with Crippen molar-refractivity contribution in [3.63, 3.8) is 0 Å². The van der Waals surface area contributed by atoms with Gasteiger partial charge >= 0.3 is 5.97 Å². The molecule has 0 heterocycles. The highest BCUT2D eigenvalue weighted by Gasteiger charge is 2.36. The van der Waals surface area contributed by atoms with Crippen LogP contribution in [0.15, 0.2) is 0 Å². The third-order valence-electron chi connectivity index (χ3n) is 4.92. The summed E-state index contributed by atoms with van der Waals surface area (Å²) in [6, 6.07) is 0.937. The molecule has 0 amide bonds. The summed E-state index contributed by atoms with van der Waals surface area (Å²) in [5, 5.41) is 12.8. The van der Waals surface area contributed by atoms with Gasteiger partial charge in [0.15, 0.2) is 0 Å². The van der Waals surface area contributed by atoms with Crippen molar-refractivity contribution in [1.29, 1.82) is 0 Å². The molecule has 0 spiro atoms. The van der Waals surface area contributed by atoms with Crippen LogP contribution in [0.3, 0.4) is 0 Å². The summed E-state index contributed by atoms with van der Waals surface area (Å²) >= 11 is 0. The average molecular weight is 298 g/mol. The van der Waals surface area contributed by atoms with Crippen molar-refractivity contribution in [2.24, 2.45) is 0 Å². The molecule has 0 bridgehead atoms. The van der Waals surface area contributed by atoms with E-state index in [1.165, 1.54) is 32.1 Å². The second kappa shape index (κ2) is 8.74. The zero-order valence-corrected chi connectivity index (χ0v) is 14.3. The smallest absolute Gasteiger partial charge is 0.323 e. The Labute approximate surface area is 130 Å². The van der Waals surface area contributed by atoms with Crippen LogP contribution in [0.4, 0.5) is 0 Å². The molecule has 1 aliphatic rings. The number of carboxylic acids is 1. The van der Waals surface area contributed by atoms with Crippen LogP contribution < -0.4 is 5.32 Å². The predicted octanol–water partition coefficient (Wildman–Crippen LogP) is 3.26. The second-order valence-electron chi connectivity index (χ2n) is 6.74. The van der Waals surface area contributed by atoms with Gasteiger partial charge in [0, 0.05) is 12.1 Å². The summed E-state index contributed by atoms with van der Waals surface area (Å²) in [4.78, 5) is 14.2. The van der Waals surface area contributed by atoms with Crippen LogP contribution in [-0.4, -0.2) is 46.7 Å². The van der Waals surface area contributed by atoms with Gasteiger partial charge in [-0.25, -0.2) is 0 Å². The monoisotopic (exact) mass is 298 g/mol. The minimum atomic E-state index is -0.822. The molecule has 0 radical (unpaired) electrons. The maximum Gasteiger partial charge on any atom is 0.323 e. The van der Waals surface area contributed by atoms with Crippen LogP contribution >= 0.6 is 0 Å². The molecule has 124 valence electrons. The van der Waals surface area contributed by atoms with E-state index in [-0.39, 0.29) is 0 Å². The molecule has 4 heteroatoms. The van der Waals surface area contributed by atoms with Crippen molar-refractivity contribution in [2.45, 2.75) is 90.3 Å². The summed E-state index contributed by atoms with van der Waals surface area (Å²) in [6.45, 7) is 10.0. The van der Waals surface area contributed by atoms with Gasteiger partial charge in [-0.1, -0.05) is 33.1 Å². The van der Waals surface area contributed by atoms with Gasteiger partial charge in [0.25, 0.3) is 0 Å². The molecule has 4 nitrogen and oxygen atoms in total. The van der Waals surface area contributed by atoms with Crippen molar-refractivity contribution in [1.82, 2.24) is 10.2 Å². The highest BCUT2D eigenvalue weighted by Crippen LogP contribution is 2.26. The lowest BCUT2D eigenvalue weighted by molar-refractivity contribution is -0.145. The van der Waals surface area contributed by atoms with Crippen molar-refractivity contribution in [2.75, 3.05) is 13.1 Å². The first-order valence-electron chi connectivity index (χ1n) is 8.68. The third kappa shape index (κ3) is 5.26. The zero-order chi connectivity index (χ0) is 15.9. The number of aliphatic carboxylic acids is 1. The number of hydrogen-bond donors (Lipinski definition) is 2. The first kappa shape index (κ1) is 18.4. The summed E-state index contributed by atoms with van der Waals surface area (Å²) in [7, 11) is 0. The Morgan fingerprint density at radius 1 is 1.33 bits per heavy atom. The number of carbonyl (C=O) groups is 1. The fraction of sp³-hybridized carbons (Fsp3) is 0.941. The molecule has 1 saturated carbocycles. The Kier molecular flexibility index (Phi) is 7.67. The van der Waals surface area contributed by atoms with Crippen molar-refractivity contribution < 1.29 is 9.90 Å². The molecule has 1 fully saturated rings. The Hall–Kier alpha value is -0.610. The summed E-state index contributed by atoms with van der Waals surface area (Å²) in [6.07, 6.45) is 8.14. The van der Waals surface area contributed by atoms with Gasteiger partial charge in [-0.15, -0.1) is 0 Å². The number of nitrogens with zero attached hydrogens (tertiary/aromatic N) is 1. The number of carboxylic acid groups (broad SMARTS) is 1. The number of rotatable bonds is 9. The van der Waals surface area contributed by atoms with Crippen LogP contribution in [0.25, 0.3) is 0 Å². The van der Waals surface area contributed by atoms with Crippen LogP contribution in [0, 0.1) is 0 Å². The molecule has 0 aromatic heterocycles. The average Bonchev–Trinajstić information content (AvgIpc) is 2.47. The standard InChI is InChI=1S/C17H34N2O2/c1-5-12-18-17(4,16(20)21)13-14(3)19(6-2)15-10-8-7-9-11-15/h14-15,18H,5-13H2,1-4H3,(H,20,21). The molecule has 2 atom stereocenters. The third-order valence-corrected chi connectivity index (χ3v) is 4.92. The molecule has 0 saturated heterocycles. The lowest BCUT2D eigenvalue weighted by atomic mass is 9.89. The molecule has 2 unspecified atom stereocenters. The topological polar surface area (TPSA) is 52.6 Å². The van der Waals surface area contributed by atoms with Crippen molar-refractivity contribution >= 4 is 5.97 Å². The van der Waals surface area contributed by atoms with Gasteiger partial charge in [-0.3, -0.25) is 9.69 Å². The first-order valence-corrected chi connectivity index (χ1v) is 8.68. The molecular weight excluding hydrogens is 264 g/mol.